The van der Waals surface area contributed by atoms with Crippen LogP contribution in [0.3, 0.4) is 0 Å². The van der Waals surface area contributed by atoms with Crippen LogP contribution in [-0.2, 0) is 11.8 Å². The average Bonchev–Trinajstić information content (AvgIpc) is 3.03. The van der Waals surface area contributed by atoms with E-state index in [4.69, 9.17) is 14.2 Å². The quantitative estimate of drug-likeness (QED) is 0.693. The van der Waals surface area contributed by atoms with E-state index in [-0.39, 0.29) is 18.2 Å². The lowest BCUT2D eigenvalue weighted by Gasteiger charge is -2.45. The predicted molar refractivity (Wildman–Crippen MR) is 116 cm³/mol. The lowest BCUT2D eigenvalue weighted by molar-refractivity contribution is -0.137. The van der Waals surface area contributed by atoms with E-state index in [9.17, 15) is 18.3 Å². The van der Waals surface area contributed by atoms with Gasteiger partial charge in [-0.1, -0.05) is 18.2 Å². The van der Waals surface area contributed by atoms with Crippen LogP contribution in [-0.4, -0.2) is 48.0 Å². The number of hydrogen-bond donors (Lipinski definition) is 1. The summed E-state index contributed by atoms with van der Waals surface area (Å²) < 4.78 is 57.5. The van der Waals surface area contributed by atoms with E-state index in [1.807, 2.05) is 25.1 Å². The number of nitrogens with zero attached hydrogens (tertiary/aromatic N) is 1. The van der Waals surface area contributed by atoms with Gasteiger partial charge >= 0.3 is 6.18 Å². The number of halogens is 3. The summed E-state index contributed by atoms with van der Waals surface area (Å²) in [6.07, 6.45) is -2.01. The molecular weight excluding hydrogens is 435 g/mol. The van der Waals surface area contributed by atoms with Crippen molar-refractivity contribution in [2.45, 2.75) is 62.6 Å². The second-order valence-corrected chi connectivity index (χ2v) is 9.17. The molecule has 0 saturated carbocycles. The van der Waals surface area contributed by atoms with Gasteiger partial charge in [-0.2, -0.15) is 13.2 Å². The Kier molecular flexibility index (Phi) is 5.69. The zero-order valence-corrected chi connectivity index (χ0v) is 18.5. The van der Waals surface area contributed by atoms with Gasteiger partial charge in [0.05, 0.1) is 17.8 Å². The summed E-state index contributed by atoms with van der Waals surface area (Å²) in [5.74, 6) is 1.93. The molecule has 2 aromatic rings. The van der Waals surface area contributed by atoms with E-state index in [2.05, 4.69) is 4.90 Å². The molecule has 0 aromatic heterocycles. The molecular formula is C25H28F3NO4. The van der Waals surface area contributed by atoms with Crippen LogP contribution in [0.5, 0.6) is 17.2 Å². The number of piperidine rings is 1. The molecule has 5 rings (SSSR count). The number of rotatable bonds is 5. The Balaban J connectivity index is 1.30. The summed E-state index contributed by atoms with van der Waals surface area (Å²) in [7, 11) is 0. The highest BCUT2D eigenvalue weighted by molar-refractivity contribution is 5.52. The topological polar surface area (TPSA) is 51.2 Å². The van der Waals surface area contributed by atoms with Crippen LogP contribution in [0.4, 0.5) is 13.2 Å². The first kappa shape index (κ1) is 22.3. The molecule has 3 aliphatic heterocycles. The normalized spacial score (nSPS) is 29.2. The molecule has 8 heteroatoms. The van der Waals surface area contributed by atoms with Crippen LogP contribution >= 0.6 is 0 Å². The van der Waals surface area contributed by atoms with E-state index >= 15 is 0 Å². The Morgan fingerprint density at radius 3 is 2.55 bits per heavy atom. The van der Waals surface area contributed by atoms with Crippen molar-refractivity contribution in [3.8, 4) is 17.2 Å². The first-order valence-corrected chi connectivity index (χ1v) is 11.5. The molecule has 2 bridgehead atoms. The van der Waals surface area contributed by atoms with Crippen molar-refractivity contribution in [2.75, 3.05) is 19.8 Å². The van der Waals surface area contributed by atoms with Crippen molar-refractivity contribution in [3.05, 3.63) is 53.6 Å². The monoisotopic (exact) mass is 463 g/mol. The molecule has 1 N–H and O–H groups in total. The van der Waals surface area contributed by atoms with Crippen LogP contribution in [0, 0.1) is 0 Å². The van der Waals surface area contributed by atoms with Crippen molar-refractivity contribution in [1.29, 1.82) is 0 Å². The smallest absolute Gasteiger partial charge is 0.416 e. The summed E-state index contributed by atoms with van der Waals surface area (Å²) in [6, 6.07) is 10.9. The molecule has 33 heavy (non-hydrogen) atoms. The largest absolute Gasteiger partial charge is 0.490 e. The average molecular weight is 463 g/mol. The fourth-order valence-electron chi connectivity index (χ4n) is 5.54. The molecule has 0 aliphatic carbocycles. The molecule has 0 spiro atoms. The van der Waals surface area contributed by atoms with Gasteiger partial charge in [0.15, 0.2) is 11.5 Å². The van der Waals surface area contributed by atoms with Gasteiger partial charge in [-0.05, 0) is 62.4 Å². The number of ether oxygens (including phenoxy) is 3. The molecule has 0 radical (unpaired) electrons. The zero-order chi connectivity index (χ0) is 23.2. The van der Waals surface area contributed by atoms with Crippen molar-refractivity contribution in [3.63, 3.8) is 0 Å². The van der Waals surface area contributed by atoms with E-state index in [1.54, 1.807) is 6.07 Å². The molecule has 3 heterocycles. The summed E-state index contributed by atoms with van der Waals surface area (Å²) in [6.45, 7) is 3.48. The van der Waals surface area contributed by atoms with E-state index in [0.717, 1.165) is 25.0 Å². The van der Waals surface area contributed by atoms with E-state index < -0.39 is 17.3 Å². The number of hydrogen-bond acceptors (Lipinski definition) is 5. The lowest BCUT2D eigenvalue weighted by atomic mass is 9.80. The van der Waals surface area contributed by atoms with Crippen molar-refractivity contribution >= 4 is 0 Å². The highest BCUT2D eigenvalue weighted by atomic mass is 19.4. The van der Waals surface area contributed by atoms with Gasteiger partial charge in [-0.3, -0.25) is 4.90 Å². The van der Waals surface area contributed by atoms with Gasteiger partial charge < -0.3 is 19.3 Å². The summed E-state index contributed by atoms with van der Waals surface area (Å²) in [4.78, 5) is 2.34. The number of fused-ring (bicyclic) bond motifs is 3. The number of benzene rings is 2. The highest BCUT2D eigenvalue weighted by Crippen LogP contribution is 2.47. The third kappa shape index (κ3) is 4.26. The Hall–Kier alpha value is -2.45. The fourth-order valence-corrected chi connectivity index (χ4v) is 5.54. The lowest BCUT2D eigenvalue weighted by Crippen LogP contribution is -2.53. The third-order valence-corrected chi connectivity index (χ3v) is 7.01. The standard InChI is InChI=1S/C25H28F3NO4/c1-2-31-21-7-4-8-22-23(21)33-20(15-32-22)14-29-18-9-10-19(29)13-24(30,12-18)16-5-3-6-17(11-16)25(26,27)28/h3-8,11,18-20,30H,2,9-10,12-15H2,1H3/t18-,19+,20-,24?/m0/s1. The molecule has 0 amide bonds. The van der Waals surface area contributed by atoms with Gasteiger partial charge in [-0.25, -0.2) is 0 Å². The van der Waals surface area contributed by atoms with Crippen LogP contribution in [0.2, 0.25) is 0 Å². The fraction of sp³-hybridized carbons (Fsp3) is 0.520. The molecule has 2 fully saturated rings. The Morgan fingerprint density at radius 2 is 1.85 bits per heavy atom. The predicted octanol–water partition coefficient (Wildman–Crippen LogP) is 4.76. The van der Waals surface area contributed by atoms with E-state index in [0.29, 0.717) is 55.4 Å². The molecule has 178 valence electrons. The van der Waals surface area contributed by atoms with Gasteiger partial charge in [0.25, 0.3) is 0 Å². The minimum atomic E-state index is -4.43. The van der Waals surface area contributed by atoms with Gasteiger partial charge in [0.2, 0.25) is 5.75 Å². The van der Waals surface area contributed by atoms with Crippen LogP contribution in [0.1, 0.15) is 43.7 Å². The van der Waals surface area contributed by atoms with Crippen LogP contribution in [0.25, 0.3) is 0 Å². The van der Waals surface area contributed by atoms with Crippen LogP contribution in [0.15, 0.2) is 42.5 Å². The minimum absolute atomic E-state index is 0.0791. The van der Waals surface area contributed by atoms with Crippen molar-refractivity contribution < 1.29 is 32.5 Å². The highest BCUT2D eigenvalue weighted by Gasteiger charge is 2.49. The van der Waals surface area contributed by atoms with Gasteiger partial charge in [0.1, 0.15) is 12.7 Å². The molecule has 5 nitrogen and oxygen atoms in total. The SMILES string of the molecule is CCOc1cccc2c1O[C@@H](CN1[C@@H]3CC[C@H]1CC(O)(c1cccc(C(F)(F)F)c1)C3)CO2. The molecule has 3 aliphatic rings. The first-order chi connectivity index (χ1) is 15.8. The maximum absolute atomic E-state index is 13.2. The van der Waals surface area contributed by atoms with Gasteiger partial charge in [0, 0.05) is 18.6 Å². The first-order valence-electron chi connectivity index (χ1n) is 11.5. The Morgan fingerprint density at radius 1 is 1.12 bits per heavy atom. The van der Waals surface area contributed by atoms with Crippen molar-refractivity contribution in [1.82, 2.24) is 4.90 Å². The second-order valence-electron chi connectivity index (χ2n) is 9.17. The van der Waals surface area contributed by atoms with Gasteiger partial charge in [-0.15, -0.1) is 0 Å². The second kappa shape index (κ2) is 8.40. The maximum Gasteiger partial charge on any atom is 0.416 e. The Bertz CT molecular complexity index is 997. The third-order valence-electron chi connectivity index (χ3n) is 7.01. The van der Waals surface area contributed by atoms with Crippen molar-refractivity contribution in [2.24, 2.45) is 0 Å². The summed E-state index contributed by atoms with van der Waals surface area (Å²) in [5, 5.41) is 11.4. The zero-order valence-electron chi connectivity index (χ0n) is 18.5. The summed E-state index contributed by atoms with van der Waals surface area (Å²) in [5.41, 5.74) is -1.64. The number of para-hydroxylation sites is 1. The Labute approximate surface area is 191 Å². The molecule has 2 aromatic carbocycles. The summed E-state index contributed by atoms with van der Waals surface area (Å²) >= 11 is 0. The molecule has 1 unspecified atom stereocenters. The maximum atomic E-state index is 13.2. The number of aliphatic hydroxyl groups is 1. The molecule has 2 saturated heterocycles. The molecule has 4 atom stereocenters. The minimum Gasteiger partial charge on any atom is -0.490 e. The number of alkyl halides is 3. The van der Waals surface area contributed by atoms with Crippen LogP contribution < -0.4 is 14.2 Å². The van der Waals surface area contributed by atoms with E-state index in [1.165, 1.54) is 6.07 Å².